The zero-order valence-electron chi connectivity index (χ0n) is 9.84. The second-order valence-corrected chi connectivity index (χ2v) is 5.82. The van der Waals surface area contributed by atoms with E-state index in [-0.39, 0.29) is 0 Å². The molecular weight excluding hydrogens is 174 g/mol. The van der Waals surface area contributed by atoms with Gasteiger partial charge in [-0.2, -0.15) is 0 Å². The maximum absolute atomic E-state index is 8.92. The van der Waals surface area contributed by atoms with Crippen molar-refractivity contribution in [3.63, 3.8) is 0 Å². The molecule has 2 nitrogen and oxygen atoms in total. The molecule has 84 valence electrons. The van der Waals surface area contributed by atoms with Crippen LogP contribution in [0.1, 0.15) is 46.5 Å². The summed E-state index contributed by atoms with van der Waals surface area (Å²) in [5.74, 6) is 0.744. The number of piperidine rings is 1. The molecule has 2 unspecified atom stereocenters. The van der Waals surface area contributed by atoms with Crippen molar-refractivity contribution in [3.05, 3.63) is 0 Å². The molecule has 1 aliphatic rings. The van der Waals surface area contributed by atoms with Crippen LogP contribution in [0.4, 0.5) is 0 Å². The molecule has 0 aromatic heterocycles. The Kier molecular flexibility index (Phi) is 4.39. The van der Waals surface area contributed by atoms with Crippen molar-refractivity contribution >= 4 is 0 Å². The van der Waals surface area contributed by atoms with Crippen molar-refractivity contribution in [1.29, 1.82) is 0 Å². The van der Waals surface area contributed by atoms with Crippen LogP contribution in [0, 0.1) is 11.3 Å². The maximum atomic E-state index is 8.92. The van der Waals surface area contributed by atoms with Gasteiger partial charge in [-0.25, -0.2) is 0 Å². The van der Waals surface area contributed by atoms with Gasteiger partial charge in [0.1, 0.15) is 0 Å². The van der Waals surface area contributed by atoms with E-state index in [1.165, 1.54) is 19.3 Å². The highest BCUT2D eigenvalue weighted by atomic mass is 16.3. The molecule has 1 fully saturated rings. The molecule has 14 heavy (non-hydrogen) atoms. The molecular formula is C12H25NO. The first-order valence-corrected chi connectivity index (χ1v) is 5.85. The van der Waals surface area contributed by atoms with Crippen molar-refractivity contribution in [2.45, 2.75) is 52.5 Å². The minimum atomic E-state index is 0.354. The summed E-state index contributed by atoms with van der Waals surface area (Å²) in [6.07, 6.45) is 4.72. The largest absolute Gasteiger partial charge is 0.396 e. The molecule has 1 aliphatic heterocycles. The summed E-state index contributed by atoms with van der Waals surface area (Å²) in [5, 5.41) is 12.5. The first-order chi connectivity index (χ1) is 6.51. The lowest BCUT2D eigenvalue weighted by Crippen LogP contribution is -2.40. The fourth-order valence-corrected chi connectivity index (χ4v) is 2.43. The van der Waals surface area contributed by atoms with Crippen LogP contribution in [-0.4, -0.2) is 24.3 Å². The van der Waals surface area contributed by atoms with E-state index in [9.17, 15) is 0 Å². The van der Waals surface area contributed by atoms with Gasteiger partial charge in [-0.05, 0) is 43.6 Å². The van der Waals surface area contributed by atoms with Gasteiger partial charge in [-0.3, -0.25) is 0 Å². The van der Waals surface area contributed by atoms with Crippen molar-refractivity contribution in [2.24, 2.45) is 11.3 Å². The topological polar surface area (TPSA) is 32.3 Å². The Morgan fingerprint density at radius 2 is 2.07 bits per heavy atom. The average Bonchev–Trinajstić information content (AvgIpc) is 2.02. The van der Waals surface area contributed by atoms with E-state index in [2.05, 4.69) is 26.1 Å². The molecule has 0 aliphatic carbocycles. The maximum Gasteiger partial charge on any atom is 0.0433 e. The average molecular weight is 199 g/mol. The fourth-order valence-electron chi connectivity index (χ4n) is 2.43. The van der Waals surface area contributed by atoms with Crippen molar-refractivity contribution < 1.29 is 5.11 Å². The number of aliphatic hydroxyl groups is 1. The molecule has 2 N–H and O–H groups in total. The standard InChI is InChI=1S/C12H25NO/c1-12(2,3)9-11-8-10(5-7-14)4-6-13-11/h10-11,13-14H,4-9H2,1-3H3. The lowest BCUT2D eigenvalue weighted by Gasteiger charge is -2.34. The number of hydrogen-bond donors (Lipinski definition) is 2. The van der Waals surface area contributed by atoms with Crippen molar-refractivity contribution in [3.8, 4) is 0 Å². The summed E-state index contributed by atoms with van der Waals surface area (Å²) < 4.78 is 0. The van der Waals surface area contributed by atoms with Gasteiger partial charge in [-0.1, -0.05) is 20.8 Å². The molecule has 2 atom stereocenters. The summed E-state index contributed by atoms with van der Waals surface area (Å²) in [6.45, 7) is 8.37. The van der Waals surface area contributed by atoms with Gasteiger partial charge in [0.15, 0.2) is 0 Å². The van der Waals surface area contributed by atoms with E-state index in [1.807, 2.05) is 0 Å². The summed E-state index contributed by atoms with van der Waals surface area (Å²) in [6, 6.07) is 0.667. The van der Waals surface area contributed by atoms with Crippen LogP contribution in [-0.2, 0) is 0 Å². The quantitative estimate of drug-likeness (QED) is 0.730. The zero-order chi connectivity index (χ0) is 10.6. The van der Waals surface area contributed by atoms with Crippen LogP contribution in [0.2, 0.25) is 0 Å². The van der Waals surface area contributed by atoms with E-state index < -0.39 is 0 Å². The molecule has 0 radical (unpaired) electrons. The Bertz CT molecular complexity index is 160. The second kappa shape index (κ2) is 5.13. The number of hydrogen-bond acceptors (Lipinski definition) is 2. The third-order valence-electron chi connectivity index (χ3n) is 3.00. The SMILES string of the molecule is CC(C)(C)CC1CC(CCO)CCN1. The summed E-state index contributed by atoms with van der Waals surface area (Å²) >= 11 is 0. The Balaban J connectivity index is 2.32. The first-order valence-electron chi connectivity index (χ1n) is 5.85. The van der Waals surface area contributed by atoms with Gasteiger partial charge in [0.2, 0.25) is 0 Å². The van der Waals surface area contributed by atoms with Gasteiger partial charge in [0.25, 0.3) is 0 Å². The van der Waals surface area contributed by atoms with Gasteiger partial charge in [-0.15, -0.1) is 0 Å². The minimum Gasteiger partial charge on any atom is -0.396 e. The highest BCUT2D eigenvalue weighted by Gasteiger charge is 2.24. The normalized spacial score (nSPS) is 29.1. The summed E-state index contributed by atoms with van der Waals surface area (Å²) in [5.41, 5.74) is 0.415. The van der Waals surface area contributed by atoms with E-state index in [0.717, 1.165) is 18.9 Å². The molecule has 0 amide bonds. The Hall–Kier alpha value is -0.0800. The molecule has 1 rings (SSSR count). The van der Waals surface area contributed by atoms with E-state index in [0.29, 0.717) is 18.1 Å². The third kappa shape index (κ3) is 4.43. The van der Waals surface area contributed by atoms with Crippen LogP contribution >= 0.6 is 0 Å². The monoisotopic (exact) mass is 199 g/mol. The lowest BCUT2D eigenvalue weighted by atomic mass is 9.81. The van der Waals surface area contributed by atoms with Gasteiger partial charge >= 0.3 is 0 Å². The number of aliphatic hydroxyl groups excluding tert-OH is 1. The number of rotatable bonds is 3. The molecule has 0 saturated carbocycles. The molecule has 2 heteroatoms. The highest BCUT2D eigenvalue weighted by Crippen LogP contribution is 2.28. The van der Waals surface area contributed by atoms with Crippen LogP contribution in [0.5, 0.6) is 0 Å². The van der Waals surface area contributed by atoms with Gasteiger partial charge in [0, 0.05) is 12.6 Å². The third-order valence-corrected chi connectivity index (χ3v) is 3.00. The highest BCUT2D eigenvalue weighted by molar-refractivity contribution is 4.81. The van der Waals surface area contributed by atoms with Crippen molar-refractivity contribution in [1.82, 2.24) is 5.32 Å². The van der Waals surface area contributed by atoms with Crippen molar-refractivity contribution in [2.75, 3.05) is 13.2 Å². The molecule has 0 aromatic carbocycles. The summed E-state index contributed by atoms with van der Waals surface area (Å²) in [7, 11) is 0. The zero-order valence-corrected chi connectivity index (χ0v) is 9.84. The fraction of sp³-hybridized carbons (Fsp3) is 1.00. The number of nitrogens with one attached hydrogen (secondary N) is 1. The lowest BCUT2D eigenvalue weighted by molar-refractivity contribution is 0.192. The van der Waals surface area contributed by atoms with Crippen LogP contribution < -0.4 is 5.32 Å². The van der Waals surface area contributed by atoms with Gasteiger partial charge in [0.05, 0.1) is 0 Å². The Morgan fingerprint density at radius 3 is 2.64 bits per heavy atom. The molecule has 0 spiro atoms. The minimum absolute atomic E-state index is 0.354. The smallest absolute Gasteiger partial charge is 0.0433 e. The summed E-state index contributed by atoms with van der Waals surface area (Å²) in [4.78, 5) is 0. The predicted octanol–water partition coefficient (Wildman–Crippen LogP) is 2.17. The molecule has 1 heterocycles. The van der Waals surface area contributed by atoms with Gasteiger partial charge < -0.3 is 10.4 Å². The van der Waals surface area contributed by atoms with E-state index in [1.54, 1.807) is 0 Å². The van der Waals surface area contributed by atoms with E-state index >= 15 is 0 Å². The van der Waals surface area contributed by atoms with Crippen LogP contribution in [0.3, 0.4) is 0 Å². The van der Waals surface area contributed by atoms with Crippen LogP contribution in [0.15, 0.2) is 0 Å². The Labute approximate surface area is 88.1 Å². The second-order valence-electron chi connectivity index (χ2n) is 5.82. The molecule has 1 saturated heterocycles. The molecule has 0 aromatic rings. The predicted molar refractivity (Wildman–Crippen MR) is 60.3 cm³/mol. The molecule has 0 bridgehead atoms. The Morgan fingerprint density at radius 1 is 1.36 bits per heavy atom. The first kappa shape index (κ1) is 12.0. The van der Waals surface area contributed by atoms with Crippen LogP contribution in [0.25, 0.3) is 0 Å². The van der Waals surface area contributed by atoms with E-state index in [4.69, 9.17) is 5.11 Å².